The van der Waals surface area contributed by atoms with Crippen molar-refractivity contribution in [2.24, 2.45) is 5.73 Å². The third-order valence-electron chi connectivity index (χ3n) is 2.82. The van der Waals surface area contributed by atoms with Gasteiger partial charge >= 0.3 is 0 Å². The van der Waals surface area contributed by atoms with Crippen LogP contribution in [0.1, 0.15) is 18.7 Å². The molecule has 1 rings (SSSR count). The Morgan fingerprint density at radius 2 is 2.22 bits per heavy atom. The minimum Gasteiger partial charge on any atom is -0.389 e. The monoisotopic (exact) mass is 253 g/mol. The lowest BCUT2D eigenvalue weighted by atomic mass is 10.0. The lowest BCUT2D eigenvalue weighted by Gasteiger charge is -2.31. The molecule has 0 spiro atoms. The van der Waals surface area contributed by atoms with E-state index in [9.17, 15) is 5.11 Å². The number of hydrogen-bond donors (Lipinski definition) is 2. The molecule has 0 bridgehead atoms. The molecule has 3 unspecified atom stereocenters. The summed E-state index contributed by atoms with van der Waals surface area (Å²) < 4.78 is 4.93. The third kappa shape index (κ3) is 4.34. The van der Waals surface area contributed by atoms with E-state index in [1.165, 1.54) is 0 Å². The topological polar surface area (TPSA) is 71.6 Å². The number of nitrogens with zero attached hydrogens (tertiary/aromatic N) is 2. The zero-order valence-electron chi connectivity index (χ0n) is 11.3. The van der Waals surface area contributed by atoms with Crippen molar-refractivity contribution in [2.45, 2.75) is 25.1 Å². The number of pyridine rings is 1. The minimum absolute atomic E-state index is 0.0160. The van der Waals surface area contributed by atoms with Crippen molar-refractivity contribution in [1.82, 2.24) is 9.88 Å². The molecule has 5 nitrogen and oxygen atoms in total. The SMILES string of the molecule is COCC(O)CN(C)C(c1ccccn1)C(C)N. The smallest absolute Gasteiger partial charge is 0.0900 e. The molecule has 0 aromatic carbocycles. The van der Waals surface area contributed by atoms with Gasteiger partial charge in [-0.1, -0.05) is 6.07 Å². The Morgan fingerprint density at radius 3 is 2.72 bits per heavy atom. The molecule has 18 heavy (non-hydrogen) atoms. The van der Waals surface area contributed by atoms with Gasteiger partial charge in [0.1, 0.15) is 0 Å². The van der Waals surface area contributed by atoms with Crippen LogP contribution in [0.5, 0.6) is 0 Å². The summed E-state index contributed by atoms with van der Waals surface area (Å²) in [4.78, 5) is 6.35. The summed E-state index contributed by atoms with van der Waals surface area (Å²) in [6.45, 7) is 2.76. The zero-order valence-corrected chi connectivity index (χ0v) is 11.3. The second kappa shape index (κ2) is 7.43. The van der Waals surface area contributed by atoms with Gasteiger partial charge in [0.15, 0.2) is 0 Å². The number of aliphatic hydroxyl groups excluding tert-OH is 1. The highest BCUT2D eigenvalue weighted by molar-refractivity contribution is 5.11. The molecule has 0 amide bonds. The maximum absolute atomic E-state index is 9.77. The number of methoxy groups -OCH3 is 1. The Hall–Kier alpha value is -1.01. The highest BCUT2D eigenvalue weighted by Gasteiger charge is 2.23. The van der Waals surface area contributed by atoms with Crippen LogP contribution in [0, 0.1) is 0 Å². The number of hydrogen-bond acceptors (Lipinski definition) is 5. The van der Waals surface area contributed by atoms with Crippen molar-refractivity contribution >= 4 is 0 Å². The van der Waals surface area contributed by atoms with E-state index in [4.69, 9.17) is 10.5 Å². The molecule has 0 saturated carbocycles. The molecule has 0 saturated heterocycles. The minimum atomic E-state index is -0.523. The highest BCUT2D eigenvalue weighted by atomic mass is 16.5. The maximum atomic E-state index is 9.77. The molecule has 3 N–H and O–H groups in total. The quantitative estimate of drug-likeness (QED) is 0.736. The first-order valence-electron chi connectivity index (χ1n) is 6.10. The van der Waals surface area contributed by atoms with Gasteiger partial charge in [-0.2, -0.15) is 0 Å². The van der Waals surface area contributed by atoms with Crippen LogP contribution in [0.2, 0.25) is 0 Å². The number of rotatable bonds is 7. The van der Waals surface area contributed by atoms with Crippen molar-refractivity contribution in [2.75, 3.05) is 27.3 Å². The Bertz CT molecular complexity index is 332. The maximum Gasteiger partial charge on any atom is 0.0900 e. The van der Waals surface area contributed by atoms with Gasteiger partial charge in [0.05, 0.1) is 24.4 Å². The van der Waals surface area contributed by atoms with Crippen LogP contribution in [0.15, 0.2) is 24.4 Å². The second-order valence-electron chi connectivity index (χ2n) is 4.61. The Kier molecular flexibility index (Phi) is 6.21. The van der Waals surface area contributed by atoms with Crippen molar-refractivity contribution in [3.05, 3.63) is 30.1 Å². The second-order valence-corrected chi connectivity index (χ2v) is 4.61. The molecular weight excluding hydrogens is 230 g/mol. The van der Waals surface area contributed by atoms with Gasteiger partial charge in [-0.15, -0.1) is 0 Å². The summed E-state index contributed by atoms with van der Waals surface area (Å²) in [5.41, 5.74) is 6.94. The molecule has 1 aromatic heterocycles. The van der Waals surface area contributed by atoms with Crippen LogP contribution in [0.25, 0.3) is 0 Å². The first kappa shape index (κ1) is 15.0. The van der Waals surface area contributed by atoms with E-state index in [2.05, 4.69) is 4.98 Å². The van der Waals surface area contributed by atoms with Crippen LogP contribution in [0.3, 0.4) is 0 Å². The van der Waals surface area contributed by atoms with Gasteiger partial charge < -0.3 is 15.6 Å². The molecule has 102 valence electrons. The largest absolute Gasteiger partial charge is 0.389 e. The van der Waals surface area contributed by atoms with Gasteiger partial charge in [-0.3, -0.25) is 9.88 Å². The van der Waals surface area contributed by atoms with Crippen LogP contribution >= 0.6 is 0 Å². The molecule has 0 aliphatic carbocycles. The third-order valence-corrected chi connectivity index (χ3v) is 2.82. The van der Waals surface area contributed by atoms with E-state index < -0.39 is 6.10 Å². The standard InChI is InChI=1S/C13H23N3O2/c1-10(14)13(12-6-4-5-7-15-12)16(2)8-11(17)9-18-3/h4-7,10-11,13,17H,8-9,14H2,1-3H3. The van der Waals surface area contributed by atoms with Crippen LogP contribution in [-0.4, -0.2) is 54.4 Å². The molecule has 0 aliphatic heterocycles. The Labute approximate surface area is 109 Å². The van der Waals surface area contributed by atoms with Gasteiger partial charge in [0.2, 0.25) is 0 Å². The highest BCUT2D eigenvalue weighted by Crippen LogP contribution is 2.20. The number of nitrogens with two attached hydrogens (primary N) is 1. The number of aromatic nitrogens is 1. The van der Waals surface area contributed by atoms with Gasteiger partial charge in [0, 0.05) is 25.9 Å². The first-order valence-corrected chi connectivity index (χ1v) is 6.10. The van der Waals surface area contributed by atoms with E-state index in [1.807, 2.05) is 37.1 Å². The Morgan fingerprint density at radius 1 is 1.50 bits per heavy atom. The lowest BCUT2D eigenvalue weighted by molar-refractivity contribution is 0.0312. The van der Waals surface area contributed by atoms with E-state index in [1.54, 1.807) is 13.3 Å². The summed E-state index contributed by atoms with van der Waals surface area (Å²) in [5, 5.41) is 9.77. The molecular formula is C13H23N3O2. The van der Waals surface area contributed by atoms with Gasteiger partial charge in [-0.05, 0) is 26.1 Å². The van der Waals surface area contributed by atoms with Gasteiger partial charge in [0.25, 0.3) is 0 Å². The molecule has 0 aliphatic rings. The lowest BCUT2D eigenvalue weighted by Crippen LogP contribution is -2.42. The predicted octanol–water partition coefficient (Wildman–Crippen LogP) is 0.409. The fourth-order valence-electron chi connectivity index (χ4n) is 2.14. The number of likely N-dealkylation sites (N-methyl/N-ethyl adjacent to an activating group) is 1. The van der Waals surface area contributed by atoms with E-state index in [0.717, 1.165) is 5.69 Å². The summed E-state index contributed by atoms with van der Waals surface area (Å²) in [7, 11) is 3.51. The fraction of sp³-hybridized carbons (Fsp3) is 0.615. The van der Waals surface area contributed by atoms with Crippen molar-refractivity contribution in [3.63, 3.8) is 0 Å². The summed E-state index contributed by atoms with van der Waals surface area (Å²) in [6.07, 6.45) is 1.23. The Balaban J connectivity index is 2.73. The van der Waals surface area contributed by atoms with Gasteiger partial charge in [-0.25, -0.2) is 0 Å². The van der Waals surface area contributed by atoms with Crippen LogP contribution < -0.4 is 5.73 Å². The average molecular weight is 253 g/mol. The van der Waals surface area contributed by atoms with Crippen molar-refractivity contribution in [3.8, 4) is 0 Å². The molecule has 1 heterocycles. The summed E-state index contributed by atoms with van der Waals surface area (Å²) >= 11 is 0. The fourth-order valence-corrected chi connectivity index (χ4v) is 2.14. The van der Waals surface area contributed by atoms with E-state index in [0.29, 0.717) is 13.2 Å². The molecule has 3 atom stereocenters. The molecule has 1 aromatic rings. The number of aliphatic hydroxyl groups is 1. The summed E-state index contributed by atoms with van der Waals surface area (Å²) in [6, 6.07) is 5.68. The summed E-state index contributed by atoms with van der Waals surface area (Å²) in [5.74, 6) is 0. The molecule has 0 radical (unpaired) electrons. The van der Waals surface area contributed by atoms with Crippen molar-refractivity contribution < 1.29 is 9.84 Å². The first-order chi connectivity index (χ1) is 8.56. The van der Waals surface area contributed by atoms with E-state index >= 15 is 0 Å². The average Bonchev–Trinajstić information content (AvgIpc) is 2.30. The van der Waals surface area contributed by atoms with Crippen LogP contribution in [-0.2, 0) is 4.74 Å². The number of ether oxygens (including phenoxy) is 1. The zero-order chi connectivity index (χ0) is 13.5. The van der Waals surface area contributed by atoms with Crippen LogP contribution in [0.4, 0.5) is 0 Å². The van der Waals surface area contributed by atoms with Crippen molar-refractivity contribution in [1.29, 1.82) is 0 Å². The normalized spacial score (nSPS) is 16.6. The van der Waals surface area contributed by atoms with E-state index in [-0.39, 0.29) is 12.1 Å². The predicted molar refractivity (Wildman–Crippen MR) is 71.1 cm³/mol. The molecule has 0 fully saturated rings. The molecule has 5 heteroatoms.